The van der Waals surface area contributed by atoms with Crippen LogP contribution in [0, 0.1) is 17.8 Å². The second-order valence-corrected chi connectivity index (χ2v) is 10.1. The molecule has 1 amide bonds. The van der Waals surface area contributed by atoms with Gasteiger partial charge in [-0.05, 0) is 62.8 Å². The Morgan fingerprint density at radius 3 is 2.53 bits per heavy atom. The average Bonchev–Trinajstić information content (AvgIpc) is 3.50. The van der Waals surface area contributed by atoms with Crippen molar-refractivity contribution in [2.45, 2.75) is 70.9 Å². The summed E-state index contributed by atoms with van der Waals surface area (Å²) in [5.74, 6) is 1.21. The summed E-state index contributed by atoms with van der Waals surface area (Å²) in [6.45, 7) is 4.59. The molecule has 0 bridgehead atoms. The van der Waals surface area contributed by atoms with E-state index in [-0.39, 0.29) is 5.69 Å². The third-order valence-corrected chi connectivity index (χ3v) is 6.63. The zero-order valence-electron chi connectivity index (χ0n) is 19.7. The lowest BCUT2D eigenvalue weighted by atomic mass is 9.81. The van der Waals surface area contributed by atoms with Gasteiger partial charge < -0.3 is 16.0 Å². The second-order valence-electron chi connectivity index (χ2n) is 10.1. The largest absolute Gasteiger partial charge is 0.379 e. The zero-order chi connectivity index (χ0) is 23.7. The number of carbonyl (C=O) groups is 1. The number of hydrogen-bond donors (Lipinski definition) is 3. The number of carbonyl (C=O) groups excluding carboxylic acids is 1. The van der Waals surface area contributed by atoms with Crippen LogP contribution in [0.25, 0.3) is 5.65 Å². The maximum Gasteiger partial charge on any atom is 0.276 e. The van der Waals surface area contributed by atoms with Gasteiger partial charge >= 0.3 is 0 Å². The smallest absolute Gasteiger partial charge is 0.276 e. The summed E-state index contributed by atoms with van der Waals surface area (Å²) in [6.07, 6.45) is 11.1. The van der Waals surface area contributed by atoms with Crippen LogP contribution in [0.1, 0.15) is 69.3 Å². The molecular weight excluding hydrogens is 433 g/mol. The highest BCUT2D eigenvalue weighted by atomic mass is 19.1. The first kappa shape index (κ1) is 22.6. The van der Waals surface area contributed by atoms with Crippen molar-refractivity contribution < 1.29 is 9.18 Å². The lowest BCUT2D eigenvalue weighted by molar-refractivity contribution is 0.102. The summed E-state index contributed by atoms with van der Waals surface area (Å²) in [4.78, 5) is 21.0. The van der Waals surface area contributed by atoms with Crippen LogP contribution in [0.15, 0.2) is 30.6 Å². The Labute approximate surface area is 198 Å². The summed E-state index contributed by atoms with van der Waals surface area (Å²) in [5.41, 5.74) is 2.08. The molecule has 0 unspecified atom stereocenters. The summed E-state index contributed by atoms with van der Waals surface area (Å²) in [6, 6.07) is 5.51. The van der Waals surface area contributed by atoms with Crippen molar-refractivity contribution in [1.29, 1.82) is 0 Å². The molecule has 34 heavy (non-hydrogen) atoms. The maximum absolute atomic E-state index is 13.4. The predicted octanol–water partition coefficient (Wildman–Crippen LogP) is 5.11. The maximum atomic E-state index is 13.4. The van der Waals surface area contributed by atoms with Gasteiger partial charge in [-0.3, -0.25) is 4.79 Å². The first-order chi connectivity index (χ1) is 16.4. The van der Waals surface area contributed by atoms with Gasteiger partial charge in [-0.15, -0.1) is 5.10 Å². The van der Waals surface area contributed by atoms with Crippen LogP contribution < -0.4 is 16.0 Å². The fourth-order valence-electron chi connectivity index (χ4n) is 4.84. The molecule has 5 rings (SSSR count). The Hall–Kier alpha value is -3.23. The number of rotatable bonds is 8. The number of pyridine rings is 1. The molecule has 0 atom stereocenters. The molecule has 0 aromatic carbocycles. The van der Waals surface area contributed by atoms with Crippen molar-refractivity contribution in [3.8, 4) is 0 Å². The highest BCUT2D eigenvalue weighted by Gasteiger charge is 2.26. The summed E-state index contributed by atoms with van der Waals surface area (Å²) >= 11 is 0. The summed E-state index contributed by atoms with van der Waals surface area (Å²) < 4.78 is 15.0. The zero-order valence-corrected chi connectivity index (χ0v) is 19.7. The van der Waals surface area contributed by atoms with Crippen LogP contribution in [-0.4, -0.2) is 37.6 Å². The van der Waals surface area contributed by atoms with Gasteiger partial charge in [-0.2, -0.15) is 4.39 Å². The van der Waals surface area contributed by atoms with Crippen molar-refractivity contribution in [2.75, 3.05) is 16.0 Å². The highest BCUT2D eigenvalue weighted by Crippen LogP contribution is 2.32. The van der Waals surface area contributed by atoms with Crippen LogP contribution in [0.4, 0.5) is 21.6 Å². The highest BCUT2D eigenvalue weighted by molar-refractivity contribution is 6.03. The van der Waals surface area contributed by atoms with Crippen molar-refractivity contribution in [3.63, 3.8) is 0 Å². The molecule has 2 aliphatic rings. The molecule has 0 spiro atoms. The Kier molecular flexibility index (Phi) is 6.34. The molecule has 0 saturated heterocycles. The molecule has 180 valence electrons. The SMILES string of the molecule is CC(C)CC1CCC(Nc2cc(NC3CC3)c3ncc(C(=O)Nc4ccnc(F)c4)n3n2)CC1. The van der Waals surface area contributed by atoms with Crippen molar-refractivity contribution in [1.82, 2.24) is 19.6 Å². The predicted molar refractivity (Wildman–Crippen MR) is 131 cm³/mol. The van der Waals surface area contributed by atoms with E-state index in [2.05, 4.69) is 39.8 Å². The van der Waals surface area contributed by atoms with Crippen LogP contribution in [0.3, 0.4) is 0 Å². The number of nitrogens with one attached hydrogen (secondary N) is 3. The van der Waals surface area contributed by atoms with Gasteiger partial charge in [0.25, 0.3) is 5.91 Å². The molecule has 2 fully saturated rings. The van der Waals surface area contributed by atoms with Gasteiger partial charge in [-0.25, -0.2) is 14.5 Å². The minimum atomic E-state index is -0.653. The van der Waals surface area contributed by atoms with E-state index < -0.39 is 11.9 Å². The number of aromatic nitrogens is 4. The van der Waals surface area contributed by atoms with Gasteiger partial charge in [0.2, 0.25) is 5.95 Å². The number of amides is 1. The van der Waals surface area contributed by atoms with Crippen LogP contribution in [0.2, 0.25) is 0 Å². The van der Waals surface area contributed by atoms with Crippen molar-refractivity contribution >= 4 is 28.7 Å². The standard InChI is InChI=1S/C25H32FN7O/c1-15(2)11-16-3-5-18(6-4-16)30-23-13-20(29-17-7-8-17)24-28-14-21(33(24)32-23)25(34)31-19-9-10-27-22(26)12-19/h9-10,12-18,29H,3-8,11H2,1-2H3,(H,30,32)(H,27,31,34). The van der Waals surface area contributed by atoms with Crippen LogP contribution in [-0.2, 0) is 0 Å². The molecule has 3 aromatic rings. The first-order valence-corrected chi connectivity index (χ1v) is 12.3. The number of halogens is 1. The van der Waals surface area contributed by atoms with Crippen molar-refractivity contribution in [3.05, 3.63) is 42.2 Å². The summed E-state index contributed by atoms with van der Waals surface area (Å²) in [7, 11) is 0. The third-order valence-electron chi connectivity index (χ3n) is 6.63. The Morgan fingerprint density at radius 2 is 1.82 bits per heavy atom. The van der Waals surface area contributed by atoms with Gasteiger partial charge in [0.05, 0.1) is 11.9 Å². The Balaban J connectivity index is 1.37. The number of hydrogen-bond acceptors (Lipinski definition) is 6. The van der Waals surface area contributed by atoms with Crippen LogP contribution >= 0.6 is 0 Å². The third kappa shape index (κ3) is 5.29. The van der Waals surface area contributed by atoms with Gasteiger partial charge in [0.15, 0.2) is 11.3 Å². The van der Waals surface area contributed by atoms with E-state index in [1.54, 1.807) is 10.6 Å². The lowest BCUT2D eigenvalue weighted by Gasteiger charge is -2.30. The molecule has 0 aliphatic heterocycles. The average molecular weight is 466 g/mol. The fraction of sp³-hybridized carbons (Fsp3) is 0.520. The molecule has 2 saturated carbocycles. The molecule has 3 heterocycles. The number of fused-ring (bicyclic) bond motifs is 1. The monoisotopic (exact) mass is 465 g/mol. The minimum absolute atomic E-state index is 0.287. The normalized spacial score (nSPS) is 20.5. The number of nitrogens with zero attached hydrogens (tertiary/aromatic N) is 4. The van der Waals surface area contributed by atoms with E-state index in [1.807, 2.05) is 6.07 Å². The van der Waals surface area contributed by atoms with E-state index in [9.17, 15) is 9.18 Å². The lowest BCUT2D eigenvalue weighted by Crippen LogP contribution is -2.27. The van der Waals surface area contributed by atoms with E-state index in [0.717, 1.165) is 49.0 Å². The topological polar surface area (TPSA) is 96.2 Å². The first-order valence-electron chi connectivity index (χ1n) is 12.3. The molecule has 8 nitrogen and oxygen atoms in total. The molecule has 2 aliphatic carbocycles. The Morgan fingerprint density at radius 1 is 1.09 bits per heavy atom. The second kappa shape index (κ2) is 9.56. The quantitative estimate of drug-likeness (QED) is 0.400. The van der Waals surface area contributed by atoms with Gasteiger partial charge in [0, 0.05) is 36.1 Å². The minimum Gasteiger partial charge on any atom is -0.379 e. The van der Waals surface area contributed by atoms with E-state index in [1.165, 1.54) is 37.7 Å². The van der Waals surface area contributed by atoms with E-state index in [4.69, 9.17) is 5.10 Å². The molecule has 3 aromatic heterocycles. The number of anilines is 3. The van der Waals surface area contributed by atoms with Gasteiger partial charge in [-0.1, -0.05) is 13.8 Å². The van der Waals surface area contributed by atoms with E-state index >= 15 is 0 Å². The van der Waals surface area contributed by atoms with E-state index in [0.29, 0.717) is 23.4 Å². The van der Waals surface area contributed by atoms with Crippen LogP contribution in [0.5, 0.6) is 0 Å². The molecule has 9 heteroatoms. The molecule has 0 radical (unpaired) electrons. The molecule has 3 N–H and O–H groups in total. The summed E-state index contributed by atoms with van der Waals surface area (Å²) in [5, 5.41) is 14.6. The van der Waals surface area contributed by atoms with Gasteiger partial charge in [0.1, 0.15) is 5.82 Å². The molecular formula is C25H32FN7O. The Bertz CT molecular complexity index is 1170. The number of imidazole rings is 1. The fourth-order valence-corrected chi connectivity index (χ4v) is 4.84. The van der Waals surface area contributed by atoms with Crippen molar-refractivity contribution in [2.24, 2.45) is 11.8 Å².